The van der Waals surface area contributed by atoms with Crippen LogP contribution in [-0.2, 0) is 13.1 Å². The first-order chi connectivity index (χ1) is 10.7. The van der Waals surface area contributed by atoms with Crippen LogP contribution in [0, 0.1) is 3.57 Å². The molecule has 2 aromatic heterocycles. The maximum absolute atomic E-state index is 12.3. The highest BCUT2D eigenvalue weighted by molar-refractivity contribution is 14.1. The molecule has 2 N–H and O–H groups in total. The van der Waals surface area contributed by atoms with Gasteiger partial charge in [0.05, 0.1) is 5.39 Å². The highest BCUT2D eigenvalue weighted by Gasteiger charge is 2.15. The number of nitrogens with zero attached hydrogens (tertiary/aromatic N) is 3. The molecule has 0 aliphatic rings. The van der Waals surface area contributed by atoms with Gasteiger partial charge in [0, 0.05) is 28.4 Å². The molecule has 0 spiro atoms. The SMILES string of the molecule is O=c1c(CNCc2ccccc2)c(I)c2cncnc2n1O. The molecule has 0 bridgehead atoms. The maximum Gasteiger partial charge on any atom is 0.290 e. The number of hydrogen-bond acceptors (Lipinski definition) is 5. The first kappa shape index (κ1) is 14.9. The second-order valence-electron chi connectivity index (χ2n) is 4.76. The molecule has 112 valence electrons. The highest BCUT2D eigenvalue weighted by Crippen LogP contribution is 2.18. The van der Waals surface area contributed by atoms with E-state index in [1.807, 2.05) is 30.3 Å². The smallest absolute Gasteiger partial charge is 0.290 e. The molecule has 0 amide bonds. The predicted octanol–water partition coefficient (Wildman–Crippen LogP) is 1.92. The van der Waals surface area contributed by atoms with Gasteiger partial charge >= 0.3 is 0 Å². The molecular weight excluding hydrogens is 395 g/mol. The van der Waals surface area contributed by atoms with Gasteiger partial charge in [0.15, 0.2) is 5.65 Å². The number of fused-ring (bicyclic) bond motifs is 1. The van der Waals surface area contributed by atoms with Crippen molar-refractivity contribution in [3.63, 3.8) is 0 Å². The lowest BCUT2D eigenvalue weighted by Crippen LogP contribution is -2.28. The zero-order valence-corrected chi connectivity index (χ0v) is 13.7. The average Bonchev–Trinajstić information content (AvgIpc) is 2.57. The minimum Gasteiger partial charge on any atom is -0.423 e. The molecule has 1 aromatic carbocycles. The monoisotopic (exact) mass is 408 g/mol. The van der Waals surface area contributed by atoms with Gasteiger partial charge in [-0.25, -0.2) is 9.97 Å². The van der Waals surface area contributed by atoms with Crippen molar-refractivity contribution < 1.29 is 5.21 Å². The van der Waals surface area contributed by atoms with Gasteiger partial charge in [0.2, 0.25) is 0 Å². The zero-order valence-electron chi connectivity index (χ0n) is 11.5. The summed E-state index contributed by atoms with van der Waals surface area (Å²) in [6.45, 7) is 1.00. The zero-order chi connectivity index (χ0) is 15.5. The molecule has 6 nitrogen and oxygen atoms in total. The van der Waals surface area contributed by atoms with Crippen LogP contribution in [0.3, 0.4) is 0 Å². The fourth-order valence-corrected chi connectivity index (χ4v) is 3.01. The molecule has 0 atom stereocenters. The van der Waals surface area contributed by atoms with Gasteiger partial charge in [-0.05, 0) is 28.2 Å². The van der Waals surface area contributed by atoms with E-state index in [0.717, 1.165) is 9.13 Å². The lowest BCUT2D eigenvalue weighted by Gasteiger charge is -2.10. The van der Waals surface area contributed by atoms with E-state index in [1.54, 1.807) is 6.20 Å². The van der Waals surface area contributed by atoms with Gasteiger partial charge in [-0.15, -0.1) is 4.73 Å². The van der Waals surface area contributed by atoms with Crippen molar-refractivity contribution in [2.75, 3.05) is 0 Å². The molecule has 3 aromatic rings. The van der Waals surface area contributed by atoms with Crippen LogP contribution >= 0.6 is 22.6 Å². The van der Waals surface area contributed by atoms with Crippen molar-refractivity contribution in [2.24, 2.45) is 0 Å². The van der Waals surface area contributed by atoms with Crippen LogP contribution < -0.4 is 10.9 Å². The van der Waals surface area contributed by atoms with Gasteiger partial charge in [0.1, 0.15) is 6.33 Å². The molecule has 3 rings (SSSR count). The minimum absolute atomic E-state index is 0.219. The Morgan fingerprint density at radius 3 is 2.77 bits per heavy atom. The molecule has 0 unspecified atom stereocenters. The normalized spacial score (nSPS) is 11.0. The first-order valence-electron chi connectivity index (χ1n) is 6.65. The van der Waals surface area contributed by atoms with Gasteiger partial charge in [0.25, 0.3) is 5.56 Å². The van der Waals surface area contributed by atoms with Gasteiger partial charge < -0.3 is 10.5 Å². The average molecular weight is 408 g/mol. The van der Waals surface area contributed by atoms with Crippen LogP contribution in [0.25, 0.3) is 11.0 Å². The van der Waals surface area contributed by atoms with Crippen LogP contribution in [0.1, 0.15) is 11.1 Å². The third kappa shape index (κ3) is 2.81. The van der Waals surface area contributed by atoms with E-state index in [1.165, 1.54) is 6.33 Å². The molecule has 0 aliphatic carbocycles. The molecule has 0 radical (unpaired) electrons. The van der Waals surface area contributed by atoms with Crippen molar-refractivity contribution in [1.29, 1.82) is 0 Å². The van der Waals surface area contributed by atoms with Crippen molar-refractivity contribution in [2.45, 2.75) is 13.1 Å². The van der Waals surface area contributed by atoms with Gasteiger partial charge in [-0.2, -0.15) is 0 Å². The summed E-state index contributed by atoms with van der Waals surface area (Å²) in [6, 6.07) is 9.91. The third-order valence-electron chi connectivity index (χ3n) is 3.32. The number of aromatic nitrogens is 3. The molecule has 7 heteroatoms. The summed E-state index contributed by atoms with van der Waals surface area (Å²) in [5, 5.41) is 13.8. The van der Waals surface area contributed by atoms with Gasteiger partial charge in [-0.1, -0.05) is 30.3 Å². The Labute approximate surface area is 139 Å². The number of hydrogen-bond donors (Lipinski definition) is 2. The van der Waals surface area contributed by atoms with Gasteiger partial charge in [-0.3, -0.25) is 4.79 Å². The fraction of sp³-hybridized carbons (Fsp3) is 0.133. The van der Waals surface area contributed by atoms with E-state index < -0.39 is 5.56 Å². The Balaban J connectivity index is 1.89. The van der Waals surface area contributed by atoms with Crippen LogP contribution in [0.2, 0.25) is 0 Å². The summed E-state index contributed by atoms with van der Waals surface area (Å²) in [7, 11) is 0. The van der Waals surface area contributed by atoms with Crippen molar-refractivity contribution in [1.82, 2.24) is 20.0 Å². The number of nitrogens with one attached hydrogen (secondary N) is 1. The first-order valence-corrected chi connectivity index (χ1v) is 7.73. The second-order valence-corrected chi connectivity index (χ2v) is 5.84. The summed E-state index contributed by atoms with van der Waals surface area (Å²) >= 11 is 2.09. The van der Waals surface area contributed by atoms with E-state index in [2.05, 4.69) is 37.9 Å². The van der Waals surface area contributed by atoms with E-state index in [-0.39, 0.29) is 5.65 Å². The van der Waals surface area contributed by atoms with E-state index in [0.29, 0.717) is 28.8 Å². The number of halogens is 1. The summed E-state index contributed by atoms with van der Waals surface area (Å²) in [5.41, 5.74) is 1.39. The predicted molar refractivity (Wildman–Crippen MR) is 90.7 cm³/mol. The molecule has 22 heavy (non-hydrogen) atoms. The number of rotatable bonds is 4. The Morgan fingerprint density at radius 1 is 1.23 bits per heavy atom. The van der Waals surface area contributed by atoms with Crippen molar-refractivity contribution >= 4 is 33.6 Å². The summed E-state index contributed by atoms with van der Waals surface area (Å²) in [4.78, 5) is 20.2. The van der Waals surface area contributed by atoms with Crippen LogP contribution in [-0.4, -0.2) is 19.9 Å². The summed E-state index contributed by atoms with van der Waals surface area (Å²) in [6.07, 6.45) is 2.90. The Bertz CT molecular complexity index is 865. The maximum atomic E-state index is 12.3. The Kier molecular flexibility index (Phi) is 4.34. The fourth-order valence-electron chi connectivity index (χ4n) is 2.21. The molecule has 0 saturated carbocycles. The Morgan fingerprint density at radius 2 is 2.00 bits per heavy atom. The largest absolute Gasteiger partial charge is 0.423 e. The standard InChI is InChI=1S/C15H13IN4O2/c16-13-11-7-18-9-19-14(11)20(22)15(21)12(13)8-17-6-10-4-2-1-3-5-10/h1-5,7,9,17,22H,6,8H2. The van der Waals surface area contributed by atoms with E-state index >= 15 is 0 Å². The van der Waals surface area contributed by atoms with Crippen LogP contribution in [0.15, 0.2) is 47.7 Å². The van der Waals surface area contributed by atoms with E-state index in [9.17, 15) is 10.0 Å². The minimum atomic E-state index is -0.462. The van der Waals surface area contributed by atoms with Crippen LogP contribution in [0.4, 0.5) is 0 Å². The molecule has 0 aliphatic heterocycles. The Hall–Kier alpha value is -2.00. The summed E-state index contributed by atoms with van der Waals surface area (Å²) < 4.78 is 1.34. The second kappa shape index (κ2) is 6.41. The quantitative estimate of drug-likeness (QED) is 0.510. The molecular formula is C15H13IN4O2. The number of pyridine rings is 1. The third-order valence-corrected chi connectivity index (χ3v) is 4.55. The number of benzene rings is 1. The van der Waals surface area contributed by atoms with Crippen molar-refractivity contribution in [3.8, 4) is 0 Å². The topological polar surface area (TPSA) is 80.0 Å². The highest BCUT2D eigenvalue weighted by atomic mass is 127. The van der Waals surface area contributed by atoms with Crippen LogP contribution in [0.5, 0.6) is 0 Å². The lowest BCUT2D eigenvalue weighted by molar-refractivity contribution is 0.185. The lowest BCUT2D eigenvalue weighted by atomic mass is 10.2. The summed E-state index contributed by atoms with van der Waals surface area (Å²) in [5.74, 6) is 0. The molecule has 2 heterocycles. The van der Waals surface area contributed by atoms with Crippen molar-refractivity contribution in [3.05, 3.63) is 67.9 Å². The molecule has 0 fully saturated rings. The van der Waals surface area contributed by atoms with E-state index in [4.69, 9.17) is 0 Å². The molecule has 0 saturated heterocycles.